The Balaban J connectivity index is 2.45. The van der Waals surface area contributed by atoms with Crippen molar-refractivity contribution in [1.82, 2.24) is 9.97 Å². The predicted molar refractivity (Wildman–Crippen MR) is 82.7 cm³/mol. The molecule has 0 fully saturated rings. The summed E-state index contributed by atoms with van der Waals surface area (Å²) in [6.45, 7) is 5.87. The van der Waals surface area contributed by atoms with Gasteiger partial charge in [0.25, 0.3) is 0 Å². The summed E-state index contributed by atoms with van der Waals surface area (Å²) in [5.74, 6) is 0.993. The van der Waals surface area contributed by atoms with Gasteiger partial charge in [-0.25, -0.2) is 14.4 Å². The molecule has 0 aliphatic rings. The molecule has 20 heavy (non-hydrogen) atoms. The van der Waals surface area contributed by atoms with Gasteiger partial charge in [0.1, 0.15) is 23.8 Å². The van der Waals surface area contributed by atoms with Crippen LogP contribution in [0.4, 0.5) is 21.7 Å². The van der Waals surface area contributed by atoms with Gasteiger partial charge in [0, 0.05) is 11.3 Å². The molecule has 0 amide bonds. The van der Waals surface area contributed by atoms with Crippen molar-refractivity contribution >= 4 is 33.3 Å². The summed E-state index contributed by atoms with van der Waals surface area (Å²) < 4.78 is 13.9. The van der Waals surface area contributed by atoms with E-state index in [0.717, 1.165) is 16.8 Å². The first-order valence-electron chi connectivity index (χ1n) is 6.23. The van der Waals surface area contributed by atoms with Crippen molar-refractivity contribution in [3.8, 4) is 0 Å². The molecule has 1 aromatic carbocycles. The SMILES string of the molecule is Cc1cc(F)c(Br)cc1Nc1ncnc(N)c1C(C)C. The maximum absolute atomic E-state index is 13.4. The Hall–Kier alpha value is -1.69. The standard InChI is InChI=1S/C14H16BrFN4/c1-7(2)12-13(17)18-6-19-14(12)20-11-5-9(15)10(16)4-8(11)3/h4-7H,1-3H3,(H3,17,18,19,20). The summed E-state index contributed by atoms with van der Waals surface area (Å²) in [7, 11) is 0. The molecular formula is C14H16BrFN4. The molecule has 1 heterocycles. The largest absolute Gasteiger partial charge is 0.383 e. The van der Waals surface area contributed by atoms with Crippen LogP contribution in [-0.2, 0) is 0 Å². The second-order valence-corrected chi connectivity index (χ2v) is 5.74. The lowest BCUT2D eigenvalue weighted by atomic mass is 10.0. The van der Waals surface area contributed by atoms with Crippen LogP contribution in [0.25, 0.3) is 0 Å². The van der Waals surface area contributed by atoms with Gasteiger partial charge in [-0.3, -0.25) is 0 Å². The van der Waals surface area contributed by atoms with Crippen molar-refractivity contribution in [3.05, 3.63) is 39.9 Å². The van der Waals surface area contributed by atoms with Crippen LogP contribution in [0.1, 0.15) is 30.9 Å². The Labute approximate surface area is 125 Å². The first-order chi connectivity index (χ1) is 9.40. The molecule has 6 heteroatoms. The van der Waals surface area contributed by atoms with Gasteiger partial charge in [-0.15, -0.1) is 0 Å². The monoisotopic (exact) mass is 338 g/mol. The average molecular weight is 339 g/mol. The number of hydrogen-bond acceptors (Lipinski definition) is 4. The second-order valence-electron chi connectivity index (χ2n) is 4.88. The summed E-state index contributed by atoms with van der Waals surface area (Å²) in [6.07, 6.45) is 1.41. The molecule has 3 N–H and O–H groups in total. The zero-order valence-corrected chi connectivity index (χ0v) is 13.1. The van der Waals surface area contributed by atoms with Crippen LogP contribution in [0.5, 0.6) is 0 Å². The molecule has 0 unspecified atom stereocenters. The zero-order valence-electron chi connectivity index (χ0n) is 11.5. The van der Waals surface area contributed by atoms with Crippen LogP contribution in [0.3, 0.4) is 0 Å². The number of anilines is 3. The van der Waals surface area contributed by atoms with E-state index in [-0.39, 0.29) is 11.7 Å². The van der Waals surface area contributed by atoms with Crippen molar-refractivity contribution in [3.63, 3.8) is 0 Å². The Morgan fingerprint density at radius 2 is 2.00 bits per heavy atom. The zero-order chi connectivity index (χ0) is 14.9. The third-order valence-corrected chi connectivity index (χ3v) is 3.62. The van der Waals surface area contributed by atoms with E-state index in [9.17, 15) is 4.39 Å². The van der Waals surface area contributed by atoms with Gasteiger partial charge in [0.05, 0.1) is 4.47 Å². The summed E-state index contributed by atoms with van der Waals surface area (Å²) in [5, 5.41) is 3.20. The molecule has 0 bridgehead atoms. The maximum Gasteiger partial charge on any atom is 0.139 e. The lowest BCUT2D eigenvalue weighted by molar-refractivity contribution is 0.620. The van der Waals surface area contributed by atoms with Gasteiger partial charge in [0.15, 0.2) is 0 Å². The van der Waals surface area contributed by atoms with E-state index in [0.29, 0.717) is 16.1 Å². The molecule has 0 atom stereocenters. The fourth-order valence-corrected chi connectivity index (χ4v) is 2.33. The number of hydrogen-bond donors (Lipinski definition) is 2. The van der Waals surface area contributed by atoms with E-state index >= 15 is 0 Å². The quantitative estimate of drug-likeness (QED) is 0.882. The lowest BCUT2D eigenvalue weighted by Gasteiger charge is -2.16. The summed E-state index contributed by atoms with van der Waals surface area (Å²) in [5.41, 5.74) is 8.33. The number of aryl methyl sites for hydroxylation is 1. The van der Waals surface area contributed by atoms with Crippen LogP contribution in [0, 0.1) is 12.7 Å². The van der Waals surface area contributed by atoms with Crippen molar-refractivity contribution in [1.29, 1.82) is 0 Å². The Bertz CT molecular complexity index is 643. The van der Waals surface area contributed by atoms with Crippen LogP contribution < -0.4 is 11.1 Å². The van der Waals surface area contributed by atoms with Crippen molar-refractivity contribution in [2.24, 2.45) is 0 Å². The highest BCUT2D eigenvalue weighted by molar-refractivity contribution is 9.10. The highest BCUT2D eigenvalue weighted by Gasteiger charge is 2.14. The minimum Gasteiger partial charge on any atom is -0.383 e. The van der Waals surface area contributed by atoms with Crippen LogP contribution in [-0.4, -0.2) is 9.97 Å². The van der Waals surface area contributed by atoms with E-state index in [2.05, 4.69) is 31.2 Å². The molecule has 106 valence electrons. The van der Waals surface area contributed by atoms with Crippen molar-refractivity contribution in [2.75, 3.05) is 11.1 Å². The fourth-order valence-electron chi connectivity index (χ4n) is 1.99. The van der Waals surface area contributed by atoms with Crippen molar-refractivity contribution in [2.45, 2.75) is 26.7 Å². The van der Waals surface area contributed by atoms with Gasteiger partial charge >= 0.3 is 0 Å². The fraction of sp³-hybridized carbons (Fsp3) is 0.286. The van der Waals surface area contributed by atoms with Gasteiger partial charge in [-0.2, -0.15) is 0 Å². The third kappa shape index (κ3) is 2.90. The van der Waals surface area contributed by atoms with Crippen LogP contribution in [0.15, 0.2) is 22.9 Å². The third-order valence-electron chi connectivity index (χ3n) is 3.01. The van der Waals surface area contributed by atoms with E-state index in [4.69, 9.17) is 5.73 Å². The number of aromatic nitrogens is 2. The Morgan fingerprint density at radius 3 is 2.65 bits per heavy atom. The number of rotatable bonds is 3. The molecule has 4 nitrogen and oxygen atoms in total. The Kier molecular flexibility index (Phi) is 4.23. The van der Waals surface area contributed by atoms with Gasteiger partial charge in [0.2, 0.25) is 0 Å². The summed E-state index contributed by atoms with van der Waals surface area (Å²) >= 11 is 3.18. The second kappa shape index (κ2) is 5.75. The van der Waals surface area contributed by atoms with Crippen LogP contribution in [0.2, 0.25) is 0 Å². The molecule has 0 aliphatic heterocycles. The topological polar surface area (TPSA) is 63.8 Å². The highest BCUT2D eigenvalue weighted by Crippen LogP contribution is 2.31. The molecule has 0 aliphatic carbocycles. The molecule has 2 aromatic rings. The lowest BCUT2D eigenvalue weighted by Crippen LogP contribution is -2.07. The molecule has 0 spiro atoms. The average Bonchev–Trinajstić information content (AvgIpc) is 2.35. The normalized spacial score (nSPS) is 10.9. The number of halogens is 2. The number of nitrogens with two attached hydrogens (primary N) is 1. The molecule has 0 radical (unpaired) electrons. The van der Waals surface area contributed by atoms with Crippen LogP contribution >= 0.6 is 15.9 Å². The number of nitrogens with one attached hydrogen (secondary N) is 1. The molecule has 2 rings (SSSR count). The minimum absolute atomic E-state index is 0.183. The van der Waals surface area contributed by atoms with E-state index in [1.54, 1.807) is 6.07 Å². The van der Waals surface area contributed by atoms with Gasteiger partial charge in [-0.1, -0.05) is 13.8 Å². The van der Waals surface area contributed by atoms with Gasteiger partial charge < -0.3 is 11.1 Å². The summed E-state index contributed by atoms with van der Waals surface area (Å²) in [4.78, 5) is 8.25. The van der Waals surface area contributed by atoms with Gasteiger partial charge in [-0.05, 0) is 46.5 Å². The highest BCUT2D eigenvalue weighted by atomic mass is 79.9. The molecular weight excluding hydrogens is 323 g/mol. The molecule has 0 saturated carbocycles. The first kappa shape index (κ1) is 14.7. The van der Waals surface area contributed by atoms with E-state index in [1.165, 1.54) is 12.4 Å². The number of nitrogen functional groups attached to an aromatic ring is 1. The minimum atomic E-state index is -0.292. The number of nitrogens with zero attached hydrogens (tertiary/aromatic N) is 2. The van der Waals surface area contributed by atoms with E-state index < -0.39 is 0 Å². The maximum atomic E-state index is 13.4. The number of benzene rings is 1. The summed E-state index contributed by atoms with van der Waals surface area (Å²) in [6, 6.07) is 3.15. The molecule has 1 aromatic heterocycles. The van der Waals surface area contributed by atoms with E-state index in [1.807, 2.05) is 20.8 Å². The predicted octanol–water partition coefficient (Wildman–Crippen LogP) is 4.14. The first-order valence-corrected chi connectivity index (χ1v) is 7.02. The smallest absolute Gasteiger partial charge is 0.139 e. The molecule has 0 saturated heterocycles. The Morgan fingerprint density at radius 1 is 1.30 bits per heavy atom. The van der Waals surface area contributed by atoms with Crippen molar-refractivity contribution < 1.29 is 4.39 Å².